The predicted octanol–water partition coefficient (Wildman–Crippen LogP) is 2.98. The number of piperazine rings is 1. The van der Waals surface area contributed by atoms with E-state index in [4.69, 9.17) is 9.15 Å². The smallest absolute Gasteiger partial charge is 0.229 e. The highest BCUT2D eigenvalue weighted by Crippen LogP contribution is 2.28. The van der Waals surface area contributed by atoms with Crippen molar-refractivity contribution in [1.29, 1.82) is 0 Å². The van der Waals surface area contributed by atoms with Gasteiger partial charge in [0.05, 0.1) is 18.4 Å². The third-order valence-electron chi connectivity index (χ3n) is 4.55. The summed E-state index contributed by atoms with van der Waals surface area (Å²) in [5.41, 5.74) is 1.22. The Bertz CT molecular complexity index is 716. The minimum atomic E-state index is -0.397. The van der Waals surface area contributed by atoms with E-state index in [1.165, 1.54) is 13.2 Å². The van der Waals surface area contributed by atoms with Crippen LogP contribution in [0.25, 0.3) is 11.5 Å². The highest BCUT2D eigenvalue weighted by Gasteiger charge is 2.25. The summed E-state index contributed by atoms with van der Waals surface area (Å²) in [6.07, 6.45) is 0. The molecule has 1 fully saturated rings. The van der Waals surface area contributed by atoms with Crippen molar-refractivity contribution < 1.29 is 13.5 Å². The predicted molar refractivity (Wildman–Crippen MR) is 90.5 cm³/mol. The number of hydrogen-bond acceptors (Lipinski definition) is 5. The molecule has 5 nitrogen and oxygen atoms in total. The van der Waals surface area contributed by atoms with Crippen LogP contribution in [0.2, 0.25) is 0 Å². The first-order chi connectivity index (χ1) is 11.5. The summed E-state index contributed by atoms with van der Waals surface area (Å²) in [7, 11) is 1.51. The molecule has 0 bridgehead atoms. The molecule has 1 aliphatic heterocycles. The van der Waals surface area contributed by atoms with Crippen molar-refractivity contribution in [2.24, 2.45) is 0 Å². The van der Waals surface area contributed by atoms with Gasteiger partial charge in [-0.15, -0.1) is 0 Å². The number of methoxy groups -OCH3 is 1. The van der Waals surface area contributed by atoms with Crippen LogP contribution in [0.1, 0.15) is 25.3 Å². The zero-order valence-corrected chi connectivity index (χ0v) is 14.6. The SMILES string of the molecule is COc1ccc(-c2nc(CN3C[C@@H](C)NC[C@@H]3C)c(C)o2)c(F)c1. The first-order valence-corrected chi connectivity index (χ1v) is 8.25. The maximum absolute atomic E-state index is 14.2. The Morgan fingerprint density at radius 2 is 2.21 bits per heavy atom. The fraction of sp³-hybridized carbons (Fsp3) is 0.500. The van der Waals surface area contributed by atoms with E-state index in [0.717, 1.165) is 24.5 Å². The van der Waals surface area contributed by atoms with Crippen LogP contribution in [0, 0.1) is 12.7 Å². The van der Waals surface area contributed by atoms with E-state index in [1.807, 2.05) is 6.92 Å². The van der Waals surface area contributed by atoms with Gasteiger partial charge in [-0.2, -0.15) is 0 Å². The molecule has 0 aliphatic carbocycles. The molecule has 2 heterocycles. The van der Waals surface area contributed by atoms with Crippen molar-refractivity contribution in [2.45, 2.75) is 39.4 Å². The molecular formula is C18H24FN3O2. The second-order valence-electron chi connectivity index (χ2n) is 6.46. The largest absolute Gasteiger partial charge is 0.497 e. The van der Waals surface area contributed by atoms with Gasteiger partial charge < -0.3 is 14.5 Å². The minimum Gasteiger partial charge on any atom is -0.497 e. The van der Waals surface area contributed by atoms with E-state index in [0.29, 0.717) is 35.8 Å². The average Bonchev–Trinajstić information content (AvgIpc) is 2.91. The molecule has 1 N–H and O–H groups in total. The molecule has 0 radical (unpaired) electrons. The van der Waals surface area contributed by atoms with Gasteiger partial charge in [0.15, 0.2) is 0 Å². The van der Waals surface area contributed by atoms with Crippen LogP contribution in [0.15, 0.2) is 22.6 Å². The molecule has 0 spiro atoms. The summed E-state index contributed by atoms with van der Waals surface area (Å²) in [6.45, 7) is 8.87. The number of ether oxygens (including phenoxy) is 1. The maximum Gasteiger partial charge on any atom is 0.229 e. The van der Waals surface area contributed by atoms with Crippen LogP contribution >= 0.6 is 0 Å². The molecule has 1 saturated heterocycles. The molecule has 3 rings (SSSR count). The lowest BCUT2D eigenvalue weighted by molar-refractivity contribution is 0.137. The zero-order chi connectivity index (χ0) is 17.3. The molecule has 1 aromatic carbocycles. The van der Waals surface area contributed by atoms with Crippen LogP contribution in [0.3, 0.4) is 0 Å². The molecular weight excluding hydrogens is 309 g/mol. The van der Waals surface area contributed by atoms with Gasteiger partial charge in [-0.3, -0.25) is 4.90 Å². The Balaban J connectivity index is 1.82. The van der Waals surface area contributed by atoms with Gasteiger partial charge >= 0.3 is 0 Å². The number of benzene rings is 1. The summed E-state index contributed by atoms with van der Waals surface area (Å²) in [6, 6.07) is 5.57. The normalized spacial score (nSPS) is 21.9. The molecule has 1 aromatic heterocycles. The van der Waals surface area contributed by atoms with Crippen LogP contribution in [0.5, 0.6) is 5.75 Å². The highest BCUT2D eigenvalue weighted by atomic mass is 19.1. The lowest BCUT2D eigenvalue weighted by Crippen LogP contribution is -2.53. The zero-order valence-electron chi connectivity index (χ0n) is 14.6. The fourth-order valence-corrected chi connectivity index (χ4v) is 3.00. The van der Waals surface area contributed by atoms with E-state index < -0.39 is 5.82 Å². The summed E-state index contributed by atoms with van der Waals surface area (Å²) in [4.78, 5) is 6.92. The van der Waals surface area contributed by atoms with E-state index in [9.17, 15) is 4.39 Å². The Hall–Kier alpha value is -1.92. The van der Waals surface area contributed by atoms with Crippen molar-refractivity contribution in [1.82, 2.24) is 15.2 Å². The quantitative estimate of drug-likeness (QED) is 0.932. The molecule has 6 heteroatoms. The topological polar surface area (TPSA) is 50.5 Å². The van der Waals surface area contributed by atoms with Gasteiger partial charge in [0.2, 0.25) is 5.89 Å². The third kappa shape index (κ3) is 3.44. The summed E-state index contributed by atoms with van der Waals surface area (Å²) >= 11 is 0. The fourth-order valence-electron chi connectivity index (χ4n) is 3.00. The van der Waals surface area contributed by atoms with Crippen molar-refractivity contribution >= 4 is 0 Å². The second kappa shape index (κ2) is 6.91. The first-order valence-electron chi connectivity index (χ1n) is 8.25. The number of halogens is 1. The van der Waals surface area contributed by atoms with Crippen molar-refractivity contribution in [3.63, 3.8) is 0 Å². The number of aromatic nitrogens is 1. The average molecular weight is 333 g/mol. The number of oxazole rings is 1. The summed E-state index contributed by atoms with van der Waals surface area (Å²) in [5, 5.41) is 3.46. The molecule has 2 aromatic rings. The molecule has 24 heavy (non-hydrogen) atoms. The van der Waals surface area contributed by atoms with Crippen LogP contribution in [0.4, 0.5) is 4.39 Å². The van der Waals surface area contributed by atoms with Crippen molar-refractivity contribution in [3.8, 4) is 17.2 Å². The van der Waals surface area contributed by atoms with Gasteiger partial charge in [-0.05, 0) is 32.9 Å². The summed E-state index contributed by atoms with van der Waals surface area (Å²) in [5.74, 6) is 1.13. The van der Waals surface area contributed by atoms with Gasteiger partial charge in [-0.25, -0.2) is 9.37 Å². The van der Waals surface area contributed by atoms with Gasteiger partial charge in [0, 0.05) is 37.8 Å². The second-order valence-corrected chi connectivity index (χ2v) is 6.46. The van der Waals surface area contributed by atoms with Crippen LogP contribution in [-0.2, 0) is 6.54 Å². The lowest BCUT2D eigenvalue weighted by atomic mass is 10.1. The Morgan fingerprint density at radius 3 is 2.92 bits per heavy atom. The molecule has 0 amide bonds. The maximum atomic E-state index is 14.2. The minimum absolute atomic E-state index is 0.318. The Kier molecular flexibility index (Phi) is 4.87. The van der Waals surface area contributed by atoms with Crippen LogP contribution in [-0.4, -0.2) is 42.2 Å². The molecule has 0 unspecified atom stereocenters. The molecule has 2 atom stereocenters. The number of aryl methyl sites for hydroxylation is 1. The van der Waals surface area contributed by atoms with Gasteiger partial charge in [-0.1, -0.05) is 0 Å². The van der Waals surface area contributed by atoms with Crippen molar-refractivity contribution in [2.75, 3.05) is 20.2 Å². The first kappa shape index (κ1) is 16.9. The number of rotatable bonds is 4. The van der Waals surface area contributed by atoms with Crippen molar-refractivity contribution in [3.05, 3.63) is 35.5 Å². The van der Waals surface area contributed by atoms with E-state index in [1.54, 1.807) is 12.1 Å². The Morgan fingerprint density at radius 1 is 1.42 bits per heavy atom. The standard InChI is InChI=1S/C18H24FN3O2/c1-11-9-22(12(2)8-20-11)10-17-13(3)24-18(21-17)15-6-5-14(23-4)7-16(15)19/h5-7,11-12,20H,8-10H2,1-4H3/t11-,12+/m1/s1. The summed E-state index contributed by atoms with van der Waals surface area (Å²) < 4.78 is 25.0. The van der Waals surface area contributed by atoms with E-state index >= 15 is 0 Å². The van der Waals surface area contributed by atoms with Gasteiger partial charge in [0.1, 0.15) is 17.3 Å². The third-order valence-corrected chi connectivity index (χ3v) is 4.55. The Labute approximate surface area is 141 Å². The number of nitrogens with one attached hydrogen (secondary N) is 1. The monoisotopic (exact) mass is 333 g/mol. The van der Waals surface area contributed by atoms with Gasteiger partial charge in [0.25, 0.3) is 0 Å². The molecule has 130 valence electrons. The van der Waals surface area contributed by atoms with E-state index in [2.05, 4.69) is 29.0 Å². The van der Waals surface area contributed by atoms with E-state index in [-0.39, 0.29) is 0 Å². The van der Waals surface area contributed by atoms with Crippen LogP contribution < -0.4 is 10.1 Å². The molecule has 1 aliphatic rings. The molecule has 0 saturated carbocycles. The number of hydrogen-bond donors (Lipinski definition) is 1. The lowest BCUT2D eigenvalue weighted by Gasteiger charge is -2.37. The number of nitrogens with zero attached hydrogens (tertiary/aromatic N) is 2. The highest BCUT2D eigenvalue weighted by molar-refractivity contribution is 5.56.